The van der Waals surface area contributed by atoms with Gasteiger partial charge in [0.15, 0.2) is 21.4 Å². The third kappa shape index (κ3) is 6.47. The average molecular weight is 475 g/mol. The Morgan fingerprint density at radius 3 is 2.62 bits per heavy atom. The fourth-order valence-electron chi connectivity index (χ4n) is 3.60. The molecule has 0 radical (unpaired) electrons. The fourth-order valence-corrected chi connectivity index (χ4v) is 5.53. The number of carbonyl (C=O) groups is 2. The fraction of sp³-hybridized carbons (Fsp3) is 0.524. The first-order valence-corrected chi connectivity index (χ1v) is 12.1. The number of amides is 3. The Morgan fingerprint density at radius 2 is 1.97 bits per heavy atom. The van der Waals surface area contributed by atoms with Gasteiger partial charge in [0.25, 0.3) is 6.43 Å². The van der Waals surface area contributed by atoms with Crippen molar-refractivity contribution < 1.29 is 35.9 Å². The van der Waals surface area contributed by atoms with E-state index in [2.05, 4.69) is 5.32 Å². The molecule has 0 unspecified atom stereocenters. The molecule has 0 aromatic heterocycles. The van der Waals surface area contributed by atoms with Gasteiger partial charge in [-0.2, -0.15) is 0 Å². The summed E-state index contributed by atoms with van der Waals surface area (Å²) in [4.78, 5) is 24.2. The molecule has 11 heteroatoms. The van der Waals surface area contributed by atoms with Crippen LogP contribution in [-0.4, -0.2) is 62.9 Å². The van der Waals surface area contributed by atoms with E-state index >= 15 is 0 Å². The summed E-state index contributed by atoms with van der Waals surface area (Å²) in [7, 11) is -3.44. The van der Waals surface area contributed by atoms with Gasteiger partial charge in [-0.15, -0.1) is 0 Å². The summed E-state index contributed by atoms with van der Waals surface area (Å²) in [6.07, 6.45) is 2.32. The molecule has 1 aliphatic carbocycles. The summed E-state index contributed by atoms with van der Waals surface area (Å²) >= 11 is 0. The molecule has 32 heavy (non-hydrogen) atoms. The van der Waals surface area contributed by atoms with E-state index in [0.717, 1.165) is 6.07 Å². The maximum absolute atomic E-state index is 13.8. The first-order chi connectivity index (χ1) is 15.1. The van der Waals surface area contributed by atoms with Gasteiger partial charge in [0.05, 0.1) is 11.5 Å². The summed E-state index contributed by atoms with van der Waals surface area (Å²) in [6.45, 7) is -0.343. The number of hydrogen-bond acceptors (Lipinski definition) is 5. The van der Waals surface area contributed by atoms with E-state index in [1.807, 2.05) is 0 Å². The van der Waals surface area contributed by atoms with Crippen molar-refractivity contribution in [3.63, 3.8) is 0 Å². The van der Waals surface area contributed by atoms with Crippen molar-refractivity contribution in [3.8, 4) is 5.75 Å². The highest BCUT2D eigenvalue weighted by atomic mass is 32.2. The van der Waals surface area contributed by atoms with Gasteiger partial charge >= 0.3 is 6.03 Å². The van der Waals surface area contributed by atoms with E-state index in [9.17, 15) is 31.2 Å². The second kappa shape index (κ2) is 9.93. The van der Waals surface area contributed by atoms with Gasteiger partial charge in [-0.1, -0.05) is 18.2 Å². The normalized spacial score (nSPS) is 18.3. The lowest BCUT2D eigenvalue weighted by molar-refractivity contribution is -0.121. The molecule has 1 saturated carbocycles. The molecular formula is C21H25F3N2O5S. The molecule has 1 aromatic carbocycles. The third-order valence-electron chi connectivity index (χ3n) is 5.49. The van der Waals surface area contributed by atoms with Crippen LogP contribution in [0.5, 0.6) is 5.75 Å². The van der Waals surface area contributed by atoms with Gasteiger partial charge in [0.2, 0.25) is 5.91 Å². The number of hydrogen-bond donors (Lipinski definition) is 1. The summed E-state index contributed by atoms with van der Waals surface area (Å²) in [5.74, 6) is -1.61. The molecule has 1 aliphatic heterocycles. The van der Waals surface area contributed by atoms with E-state index in [-0.39, 0.29) is 42.5 Å². The Hall–Kier alpha value is -2.56. The highest BCUT2D eigenvalue weighted by Gasteiger charge is 2.47. The van der Waals surface area contributed by atoms with Crippen LogP contribution in [0, 0.1) is 5.82 Å². The van der Waals surface area contributed by atoms with E-state index in [4.69, 9.17) is 4.74 Å². The van der Waals surface area contributed by atoms with Gasteiger partial charge in [0.1, 0.15) is 6.61 Å². The van der Waals surface area contributed by atoms with Gasteiger partial charge in [-0.25, -0.2) is 26.4 Å². The second-order valence-electron chi connectivity index (χ2n) is 8.03. The molecule has 1 heterocycles. The minimum atomic E-state index is -3.44. The molecule has 1 N–H and O–H groups in total. The van der Waals surface area contributed by atoms with Crippen LogP contribution < -0.4 is 10.1 Å². The van der Waals surface area contributed by atoms with E-state index in [1.165, 1.54) is 17.0 Å². The van der Waals surface area contributed by atoms with Gasteiger partial charge in [0, 0.05) is 24.9 Å². The first kappa shape index (κ1) is 24.1. The summed E-state index contributed by atoms with van der Waals surface area (Å²) in [5.41, 5.74) is -0.0922. The molecule has 3 rings (SSSR count). The van der Waals surface area contributed by atoms with Crippen LogP contribution in [0.15, 0.2) is 30.4 Å². The van der Waals surface area contributed by atoms with E-state index in [0.29, 0.717) is 24.9 Å². The number of ether oxygens (including phenoxy) is 1. The number of alkyl halides is 2. The van der Waals surface area contributed by atoms with Crippen LogP contribution in [0.1, 0.15) is 31.2 Å². The van der Waals surface area contributed by atoms with Crippen molar-refractivity contribution in [2.45, 2.75) is 37.5 Å². The van der Waals surface area contributed by atoms with Crippen molar-refractivity contribution in [1.29, 1.82) is 0 Å². The molecule has 0 bridgehead atoms. The predicted molar refractivity (Wildman–Crippen MR) is 111 cm³/mol. The van der Waals surface area contributed by atoms with Crippen molar-refractivity contribution in [2.24, 2.45) is 0 Å². The molecule has 0 atom stereocenters. The number of imide groups is 1. The maximum Gasteiger partial charge on any atom is 0.324 e. The first-order valence-electron chi connectivity index (χ1n) is 10.3. The molecule has 2 fully saturated rings. The average Bonchev–Trinajstić information content (AvgIpc) is 3.48. The number of urea groups is 1. The lowest BCUT2D eigenvalue weighted by atomic mass is 9.98. The van der Waals surface area contributed by atoms with E-state index < -0.39 is 40.1 Å². The Bertz CT molecular complexity index is 993. The van der Waals surface area contributed by atoms with E-state index in [1.54, 1.807) is 12.2 Å². The third-order valence-corrected chi connectivity index (χ3v) is 7.34. The number of sulfone groups is 1. The van der Waals surface area contributed by atoms with Crippen molar-refractivity contribution in [1.82, 2.24) is 10.2 Å². The topological polar surface area (TPSA) is 92.8 Å². The molecule has 1 saturated heterocycles. The van der Waals surface area contributed by atoms with Crippen LogP contribution >= 0.6 is 0 Å². The van der Waals surface area contributed by atoms with Crippen molar-refractivity contribution in [3.05, 3.63) is 41.7 Å². The standard InChI is InChI=1S/C21H25F3N2O5S/c22-16-5-4-15(12-17(16)31-13-18(23)24)21(7-8-21)14-32(29,30)11-3-1-2-9-26-10-6-19(27)25-20(26)28/h1-2,4-5,12,18H,3,6-11,13-14H2,(H,25,27,28)/b2-1+. The Labute approximate surface area is 184 Å². The van der Waals surface area contributed by atoms with Crippen LogP contribution in [0.4, 0.5) is 18.0 Å². The second-order valence-corrected chi connectivity index (χ2v) is 10.2. The summed E-state index contributed by atoms with van der Waals surface area (Å²) in [6, 6.07) is 3.43. The number of rotatable bonds is 11. The number of allylic oxidation sites excluding steroid dienone is 1. The van der Waals surface area contributed by atoms with Crippen molar-refractivity contribution in [2.75, 3.05) is 31.2 Å². The number of nitrogens with zero attached hydrogens (tertiary/aromatic N) is 1. The zero-order valence-corrected chi connectivity index (χ0v) is 18.2. The smallest absolute Gasteiger partial charge is 0.324 e. The number of halogens is 3. The van der Waals surface area contributed by atoms with Crippen LogP contribution in [0.25, 0.3) is 0 Å². The largest absolute Gasteiger partial charge is 0.485 e. The molecular weight excluding hydrogens is 449 g/mol. The van der Waals surface area contributed by atoms with Crippen molar-refractivity contribution >= 4 is 21.8 Å². The highest BCUT2D eigenvalue weighted by molar-refractivity contribution is 7.91. The monoisotopic (exact) mass is 474 g/mol. The predicted octanol–water partition coefficient (Wildman–Crippen LogP) is 2.80. The Balaban J connectivity index is 1.53. The molecule has 0 spiro atoms. The quantitative estimate of drug-likeness (QED) is 0.498. The van der Waals surface area contributed by atoms with Gasteiger partial charge in [-0.3, -0.25) is 10.1 Å². The van der Waals surface area contributed by atoms with Crippen LogP contribution in [0.2, 0.25) is 0 Å². The lowest BCUT2D eigenvalue weighted by Crippen LogP contribution is -2.49. The summed E-state index contributed by atoms with van der Waals surface area (Å²) < 4.78 is 68.6. The zero-order valence-electron chi connectivity index (χ0n) is 17.4. The lowest BCUT2D eigenvalue weighted by Gasteiger charge is -2.25. The maximum atomic E-state index is 13.8. The zero-order chi connectivity index (χ0) is 23.4. The van der Waals surface area contributed by atoms with Crippen LogP contribution in [-0.2, 0) is 20.0 Å². The SMILES string of the molecule is O=C1CCN(C/C=C/CCS(=O)(=O)CC2(c3ccc(F)c(OCC(F)F)c3)CC2)C(=O)N1. The molecule has 7 nitrogen and oxygen atoms in total. The Kier molecular flexibility index (Phi) is 7.47. The highest BCUT2D eigenvalue weighted by Crippen LogP contribution is 2.50. The minimum absolute atomic E-state index is 0.0914. The molecule has 2 aliphatic rings. The van der Waals surface area contributed by atoms with Gasteiger partial charge in [-0.05, 0) is 37.0 Å². The number of carbonyl (C=O) groups excluding carboxylic acids is 2. The van der Waals surface area contributed by atoms with Gasteiger partial charge < -0.3 is 9.64 Å². The summed E-state index contributed by atoms with van der Waals surface area (Å²) in [5, 5.41) is 2.21. The molecule has 3 amide bonds. The molecule has 176 valence electrons. The Morgan fingerprint density at radius 1 is 1.22 bits per heavy atom. The number of benzene rings is 1. The number of nitrogens with one attached hydrogen (secondary N) is 1. The van der Waals surface area contributed by atoms with Crippen LogP contribution in [0.3, 0.4) is 0 Å². The minimum Gasteiger partial charge on any atom is -0.485 e. The molecule has 1 aromatic rings.